The Morgan fingerprint density at radius 3 is 2.22 bits per heavy atom. The quantitative estimate of drug-likeness (QED) is 0.880. The molecule has 2 nitrogen and oxygen atoms in total. The Labute approximate surface area is 111 Å². The van der Waals surface area contributed by atoms with E-state index in [1.807, 2.05) is 0 Å². The normalized spacial score (nSPS) is 20.8. The third-order valence-corrected chi connectivity index (χ3v) is 4.24. The van der Waals surface area contributed by atoms with Gasteiger partial charge in [-0.05, 0) is 42.4 Å². The zero-order valence-corrected chi connectivity index (χ0v) is 11.9. The molecule has 0 amide bonds. The van der Waals surface area contributed by atoms with E-state index in [0.29, 0.717) is 5.41 Å². The molecule has 1 aromatic rings. The molecule has 0 aromatic heterocycles. The number of nitrogens with zero attached hydrogens (tertiary/aromatic N) is 1. The minimum Gasteiger partial charge on any atom is -0.371 e. The summed E-state index contributed by atoms with van der Waals surface area (Å²) in [6, 6.07) is 9.00. The van der Waals surface area contributed by atoms with Gasteiger partial charge >= 0.3 is 0 Å². The Kier molecular flexibility index (Phi) is 3.96. The Morgan fingerprint density at radius 2 is 1.72 bits per heavy atom. The Balaban J connectivity index is 2.02. The van der Waals surface area contributed by atoms with E-state index in [-0.39, 0.29) is 6.04 Å². The second kappa shape index (κ2) is 5.31. The number of hydrogen-bond acceptors (Lipinski definition) is 2. The maximum absolute atomic E-state index is 6.04. The molecule has 2 rings (SSSR count). The second-order valence-electron chi connectivity index (χ2n) is 6.26. The van der Waals surface area contributed by atoms with Crippen LogP contribution in [0.15, 0.2) is 24.3 Å². The molecule has 1 aliphatic rings. The average Bonchev–Trinajstić information content (AvgIpc) is 2.38. The van der Waals surface area contributed by atoms with Gasteiger partial charge in [-0.3, -0.25) is 0 Å². The number of nitrogens with two attached hydrogens (primary N) is 1. The third kappa shape index (κ3) is 3.05. The van der Waals surface area contributed by atoms with Crippen molar-refractivity contribution >= 4 is 5.69 Å². The molecule has 1 atom stereocenters. The van der Waals surface area contributed by atoms with E-state index >= 15 is 0 Å². The van der Waals surface area contributed by atoms with Gasteiger partial charge in [0.2, 0.25) is 0 Å². The van der Waals surface area contributed by atoms with E-state index in [4.69, 9.17) is 5.73 Å². The van der Waals surface area contributed by atoms with Gasteiger partial charge in [-0.25, -0.2) is 0 Å². The first-order valence-electron chi connectivity index (χ1n) is 7.12. The largest absolute Gasteiger partial charge is 0.371 e. The zero-order chi connectivity index (χ0) is 13.2. The Morgan fingerprint density at radius 1 is 1.17 bits per heavy atom. The molecule has 0 bridgehead atoms. The van der Waals surface area contributed by atoms with Gasteiger partial charge in [0.15, 0.2) is 0 Å². The highest BCUT2D eigenvalue weighted by Crippen LogP contribution is 2.32. The summed E-state index contributed by atoms with van der Waals surface area (Å²) in [6.45, 7) is 9.21. The van der Waals surface area contributed by atoms with Crippen LogP contribution in [-0.4, -0.2) is 13.1 Å². The van der Waals surface area contributed by atoms with Crippen molar-refractivity contribution in [2.45, 2.75) is 46.1 Å². The highest BCUT2D eigenvalue weighted by Gasteiger charge is 2.25. The molecule has 1 aliphatic heterocycles. The van der Waals surface area contributed by atoms with Crippen molar-refractivity contribution in [2.75, 3.05) is 18.0 Å². The van der Waals surface area contributed by atoms with Gasteiger partial charge in [0.05, 0.1) is 0 Å². The van der Waals surface area contributed by atoms with Crippen LogP contribution in [0.4, 0.5) is 5.69 Å². The van der Waals surface area contributed by atoms with E-state index in [0.717, 1.165) is 6.42 Å². The van der Waals surface area contributed by atoms with E-state index < -0.39 is 0 Å². The summed E-state index contributed by atoms with van der Waals surface area (Å²) in [5.74, 6) is 0. The molecule has 1 heterocycles. The topological polar surface area (TPSA) is 29.3 Å². The Hall–Kier alpha value is -1.02. The molecule has 2 heteroatoms. The van der Waals surface area contributed by atoms with Crippen LogP contribution < -0.4 is 10.6 Å². The lowest BCUT2D eigenvalue weighted by Gasteiger charge is -2.38. The van der Waals surface area contributed by atoms with Crippen LogP contribution in [0.2, 0.25) is 0 Å². The number of hydrogen-bond donors (Lipinski definition) is 1. The smallest absolute Gasteiger partial charge is 0.0366 e. The van der Waals surface area contributed by atoms with Gasteiger partial charge in [-0.1, -0.05) is 32.9 Å². The zero-order valence-electron chi connectivity index (χ0n) is 11.9. The summed E-state index contributed by atoms with van der Waals surface area (Å²) in [5, 5.41) is 0. The van der Waals surface area contributed by atoms with Crippen molar-refractivity contribution in [1.82, 2.24) is 0 Å². The van der Waals surface area contributed by atoms with Crippen LogP contribution in [0.3, 0.4) is 0 Å². The SMILES string of the molecule is CC[C@@H](N)c1ccc(N2CCC(C)(C)CC2)cc1. The highest BCUT2D eigenvalue weighted by molar-refractivity contribution is 5.48. The molecular formula is C16H26N2. The first-order valence-corrected chi connectivity index (χ1v) is 7.12. The molecule has 1 aromatic carbocycles. The highest BCUT2D eigenvalue weighted by atomic mass is 15.1. The van der Waals surface area contributed by atoms with Gasteiger partial charge < -0.3 is 10.6 Å². The van der Waals surface area contributed by atoms with Crippen molar-refractivity contribution in [3.05, 3.63) is 29.8 Å². The molecule has 100 valence electrons. The van der Waals surface area contributed by atoms with Crippen molar-refractivity contribution in [3.63, 3.8) is 0 Å². The minimum atomic E-state index is 0.180. The van der Waals surface area contributed by atoms with Crippen LogP contribution in [0, 0.1) is 5.41 Å². The van der Waals surface area contributed by atoms with Crippen molar-refractivity contribution in [2.24, 2.45) is 11.1 Å². The summed E-state index contributed by atoms with van der Waals surface area (Å²) in [5.41, 5.74) is 9.15. The van der Waals surface area contributed by atoms with E-state index in [9.17, 15) is 0 Å². The van der Waals surface area contributed by atoms with E-state index in [1.54, 1.807) is 0 Å². The second-order valence-corrected chi connectivity index (χ2v) is 6.26. The van der Waals surface area contributed by atoms with Crippen molar-refractivity contribution in [1.29, 1.82) is 0 Å². The number of piperidine rings is 1. The number of benzene rings is 1. The van der Waals surface area contributed by atoms with Crippen LogP contribution in [0.5, 0.6) is 0 Å². The molecule has 18 heavy (non-hydrogen) atoms. The van der Waals surface area contributed by atoms with Gasteiger partial charge in [0, 0.05) is 24.8 Å². The Bertz CT molecular complexity index is 371. The average molecular weight is 246 g/mol. The minimum absolute atomic E-state index is 0.180. The molecule has 0 unspecified atom stereocenters. The third-order valence-electron chi connectivity index (χ3n) is 4.24. The molecule has 2 N–H and O–H groups in total. The standard InChI is InChI=1S/C16H26N2/c1-4-15(17)13-5-7-14(8-6-13)18-11-9-16(2,3)10-12-18/h5-8,15H,4,9-12,17H2,1-3H3/t15-/m1/s1. The molecule has 0 spiro atoms. The molecule has 0 saturated carbocycles. The van der Waals surface area contributed by atoms with E-state index in [1.165, 1.54) is 37.2 Å². The summed E-state index contributed by atoms with van der Waals surface area (Å²) in [4.78, 5) is 2.49. The molecule has 0 radical (unpaired) electrons. The van der Waals surface area contributed by atoms with Crippen molar-refractivity contribution in [3.8, 4) is 0 Å². The fourth-order valence-corrected chi connectivity index (χ4v) is 2.54. The van der Waals surface area contributed by atoms with Crippen LogP contribution in [-0.2, 0) is 0 Å². The van der Waals surface area contributed by atoms with Gasteiger partial charge in [0.1, 0.15) is 0 Å². The first-order chi connectivity index (χ1) is 8.52. The van der Waals surface area contributed by atoms with Crippen LogP contribution in [0.1, 0.15) is 51.6 Å². The summed E-state index contributed by atoms with van der Waals surface area (Å²) < 4.78 is 0. The number of anilines is 1. The lowest BCUT2D eigenvalue weighted by molar-refractivity contribution is 0.280. The van der Waals surface area contributed by atoms with Gasteiger partial charge in [-0.2, -0.15) is 0 Å². The maximum atomic E-state index is 6.04. The molecule has 0 aliphatic carbocycles. The molecule has 1 saturated heterocycles. The fraction of sp³-hybridized carbons (Fsp3) is 0.625. The summed E-state index contributed by atoms with van der Waals surface area (Å²) in [6.07, 6.45) is 3.56. The lowest BCUT2D eigenvalue weighted by atomic mass is 9.82. The predicted octanol–water partition coefficient (Wildman–Crippen LogP) is 3.72. The maximum Gasteiger partial charge on any atom is 0.0366 e. The molecule has 1 fully saturated rings. The lowest BCUT2D eigenvalue weighted by Crippen LogP contribution is -2.37. The van der Waals surface area contributed by atoms with Gasteiger partial charge in [-0.15, -0.1) is 0 Å². The van der Waals surface area contributed by atoms with E-state index in [2.05, 4.69) is 49.9 Å². The fourth-order valence-electron chi connectivity index (χ4n) is 2.54. The van der Waals surface area contributed by atoms with Crippen LogP contribution in [0.25, 0.3) is 0 Å². The summed E-state index contributed by atoms with van der Waals surface area (Å²) >= 11 is 0. The first kappa shape index (κ1) is 13.4. The summed E-state index contributed by atoms with van der Waals surface area (Å²) in [7, 11) is 0. The number of rotatable bonds is 3. The van der Waals surface area contributed by atoms with Crippen LogP contribution >= 0.6 is 0 Å². The van der Waals surface area contributed by atoms with Crippen molar-refractivity contribution < 1.29 is 0 Å². The predicted molar refractivity (Wildman–Crippen MR) is 78.9 cm³/mol. The van der Waals surface area contributed by atoms with Gasteiger partial charge in [0.25, 0.3) is 0 Å². The monoisotopic (exact) mass is 246 g/mol. The molecular weight excluding hydrogens is 220 g/mol.